The van der Waals surface area contributed by atoms with Gasteiger partial charge in [-0.3, -0.25) is 4.90 Å². The standard InChI is InChI=1S/C30H38BrFN4O2/c31-22-9-8-21-7-5-11-30(25(21)15-22)17-26-24(19-38-30)27(35-12-3-1-2-4-13-35)34-28(33-26)37-20-29-10-6-14-36(29)18-23(32)16-29/h8-9,15,23H,1-7,10-14,16-20H2/t23-,29+,30?/m1/s1. The Kier molecular flexibility index (Phi) is 6.64. The summed E-state index contributed by atoms with van der Waals surface area (Å²) >= 11 is 3.69. The first-order chi connectivity index (χ1) is 18.5. The molecule has 4 aliphatic heterocycles. The number of ether oxygens (including phenoxy) is 2. The Morgan fingerprint density at radius 1 is 1.05 bits per heavy atom. The number of hydrogen-bond donors (Lipinski definition) is 0. The summed E-state index contributed by atoms with van der Waals surface area (Å²) in [6.45, 7) is 4.48. The van der Waals surface area contributed by atoms with Gasteiger partial charge in [0.25, 0.3) is 0 Å². The second-order valence-corrected chi connectivity index (χ2v) is 13.1. The average molecular weight is 586 g/mol. The molecular formula is C30H38BrFN4O2. The molecule has 2 aromatic rings. The number of rotatable bonds is 4. The van der Waals surface area contributed by atoms with Gasteiger partial charge in [0.05, 0.1) is 23.4 Å². The minimum absolute atomic E-state index is 0.208. The third kappa shape index (κ3) is 4.44. The van der Waals surface area contributed by atoms with E-state index in [1.807, 2.05) is 0 Å². The highest BCUT2D eigenvalue weighted by Crippen LogP contribution is 2.47. The molecule has 1 aliphatic carbocycles. The average Bonchev–Trinajstić information content (AvgIpc) is 3.29. The fraction of sp³-hybridized carbons (Fsp3) is 0.667. The van der Waals surface area contributed by atoms with E-state index in [0.29, 0.717) is 32.2 Å². The van der Waals surface area contributed by atoms with Crippen molar-refractivity contribution in [3.63, 3.8) is 0 Å². The quantitative estimate of drug-likeness (QED) is 0.447. The van der Waals surface area contributed by atoms with Gasteiger partial charge in [0.2, 0.25) is 0 Å². The number of benzene rings is 1. The van der Waals surface area contributed by atoms with E-state index in [0.717, 1.165) is 79.7 Å². The number of fused-ring (bicyclic) bond motifs is 4. The molecule has 8 heteroatoms. The molecular weight excluding hydrogens is 547 g/mol. The van der Waals surface area contributed by atoms with Crippen LogP contribution in [0, 0.1) is 0 Å². The highest BCUT2D eigenvalue weighted by atomic mass is 79.9. The van der Waals surface area contributed by atoms with E-state index in [1.54, 1.807) is 0 Å². The molecule has 1 aromatic carbocycles. The molecule has 7 rings (SSSR count). The topological polar surface area (TPSA) is 50.7 Å². The van der Waals surface area contributed by atoms with E-state index in [-0.39, 0.29) is 11.1 Å². The number of nitrogens with zero attached hydrogens (tertiary/aromatic N) is 4. The summed E-state index contributed by atoms with van der Waals surface area (Å²) in [6, 6.07) is 7.07. The van der Waals surface area contributed by atoms with E-state index in [4.69, 9.17) is 19.4 Å². The van der Waals surface area contributed by atoms with Crippen molar-refractivity contribution in [3.8, 4) is 6.01 Å². The van der Waals surface area contributed by atoms with Crippen LogP contribution in [0.3, 0.4) is 0 Å². The summed E-state index contributed by atoms with van der Waals surface area (Å²) in [5, 5.41) is 0. The molecule has 204 valence electrons. The number of hydrogen-bond acceptors (Lipinski definition) is 6. The van der Waals surface area contributed by atoms with E-state index in [1.165, 1.54) is 36.8 Å². The Morgan fingerprint density at radius 2 is 1.92 bits per heavy atom. The molecule has 0 radical (unpaired) electrons. The van der Waals surface area contributed by atoms with Gasteiger partial charge < -0.3 is 14.4 Å². The molecule has 5 aliphatic rings. The Balaban J connectivity index is 1.24. The number of aryl methyl sites for hydroxylation is 1. The smallest absolute Gasteiger partial charge is 0.318 e. The van der Waals surface area contributed by atoms with Crippen LogP contribution < -0.4 is 9.64 Å². The van der Waals surface area contributed by atoms with E-state index < -0.39 is 6.17 Å². The van der Waals surface area contributed by atoms with Gasteiger partial charge in [-0.2, -0.15) is 9.97 Å². The molecule has 3 fully saturated rings. The third-order valence-corrected chi connectivity index (χ3v) is 10.2. The predicted octanol–water partition coefficient (Wildman–Crippen LogP) is 5.88. The van der Waals surface area contributed by atoms with Gasteiger partial charge in [-0.1, -0.05) is 34.8 Å². The molecule has 1 aromatic heterocycles. The van der Waals surface area contributed by atoms with Crippen molar-refractivity contribution in [1.29, 1.82) is 0 Å². The summed E-state index contributed by atoms with van der Waals surface area (Å²) in [6.07, 6.45) is 10.7. The second kappa shape index (κ2) is 10.0. The zero-order valence-electron chi connectivity index (χ0n) is 22.2. The van der Waals surface area contributed by atoms with Crippen molar-refractivity contribution in [1.82, 2.24) is 14.9 Å². The molecule has 38 heavy (non-hydrogen) atoms. The molecule has 3 atom stereocenters. The molecule has 5 heterocycles. The van der Waals surface area contributed by atoms with Crippen LogP contribution in [0.2, 0.25) is 0 Å². The van der Waals surface area contributed by atoms with E-state index >= 15 is 0 Å². The predicted molar refractivity (Wildman–Crippen MR) is 149 cm³/mol. The van der Waals surface area contributed by atoms with Crippen molar-refractivity contribution in [2.45, 2.75) is 94.5 Å². The van der Waals surface area contributed by atoms with Crippen LogP contribution in [0.5, 0.6) is 6.01 Å². The van der Waals surface area contributed by atoms with Crippen molar-refractivity contribution < 1.29 is 13.9 Å². The summed E-state index contributed by atoms with van der Waals surface area (Å²) in [4.78, 5) is 14.8. The van der Waals surface area contributed by atoms with Crippen LogP contribution in [0.4, 0.5) is 10.2 Å². The Morgan fingerprint density at radius 3 is 2.79 bits per heavy atom. The fourth-order valence-electron chi connectivity index (χ4n) is 7.80. The first-order valence-electron chi connectivity index (χ1n) is 14.6. The normalized spacial score (nSPS) is 31.1. The number of anilines is 1. The summed E-state index contributed by atoms with van der Waals surface area (Å²) in [5.41, 5.74) is 4.28. The van der Waals surface area contributed by atoms with Gasteiger partial charge >= 0.3 is 6.01 Å². The SMILES string of the molecule is F[C@H]1CN2CCC[C@@]2(COc2nc3c(c(N4CCCCCC4)n2)COC2(CCCc4ccc(Br)cc42)C3)C1. The van der Waals surface area contributed by atoms with Crippen LogP contribution in [0.25, 0.3) is 0 Å². The van der Waals surface area contributed by atoms with Crippen LogP contribution >= 0.6 is 15.9 Å². The zero-order chi connectivity index (χ0) is 25.7. The number of aromatic nitrogens is 2. The van der Waals surface area contributed by atoms with Crippen molar-refractivity contribution in [2.75, 3.05) is 37.7 Å². The van der Waals surface area contributed by atoms with E-state index in [2.05, 4.69) is 43.9 Å². The Labute approximate surface area is 233 Å². The van der Waals surface area contributed by atoms with Crippen molar-refractivity contribution >= 4 is 21.7 Å². The van der Waals surface area contributed by atoms with Crippen molar-refractivity contribution in [2.24, 2.45) is 0 Å². The van der Waals surface area contributed by atoms with Gasteiger partial charge in [0, 0.05) is 42.5 Å². The lowest BCUT2D eigenvalue weighted by molar-refractivity contribution is -0.0856. The molecule has 0 N–H and O–H groups in total. The molecule has 3 saturated heterocycles. The van der Waals surface area contributed by atoms with Crippen molar-refractivity contribution in [3.05, 3.63) is 45.1 Å². The minimum atomic E-state index is -0.765. The summed E-state index contributed by atoms with van der Waals surface area (Å²) < 4.78 is 28.7. The number of halogens is 2. The largest absolute Gasteiger partial charge is 0.461 e. The highest BCUT2D eigenvalue weighted by Gasteiger charge is 2.49. The Hall–Kier alpha value is -1.77. The van der Waals surface area contributed by atoms with Gasteiger partial charge in [-0.05, 0) is 74.8 Å². The first kappa shape index (κ1) is 25.2. The van der Waals surface area contributed by atoms with Gasteiger partial charge in [-0.25, -0.2) is 4.39 Å². The Bertz CT molecular complexity index is 1210. The summed E-state index contributed by atoms with van der Waals surface area (Å²) in [5.74, 6) is 0.989. The zero-order valence-corrected chi connectivity index (χ0v) is 23.8. The van der Waals surface area contributed by atoms with Gasteiger partial charge in [-0.15, -0.1) is 0 Å². The van der Waals surface area contributed by atoms with Crippen LogP contribution in [0.1, 0.15) is 80.2 Å². The van der Waals surface area contributed by atoms with Gasteiger partial charge in [0.15, 0.2) is 0 Å². The fourth-order valence-corrected chi connectivity index (χ4v) is 8.16. The lowest BCUT2D eigenvalue weighted by Gasteiger charge is -2.43. The van der Waals surface area contributed by atoms with Crippen LogP contribution in [0.15, 0.2) is 22.7 Å². The van der Waals surface area contributed by atoms with Gasteiger partial charge in [0.1, 0.15) is 18.6 Å². The molecule has 0 saturated carbocycles. The second-order valence-electron chi connectivity index (χ2n) is 12.1. The molecule has 1 spiro atoms. The molecule has 6 nitrogen and oxygen atoms in total. The lowest BCUT2D eigenvalue weighted by Crippen LogP contribution is -2.44. The minimum Gasteiger partial charge on any atom is -0.461 e. The lowest BCUT2D eigenvalue weighted by atomic mass is 9.75. The first-order valence-corrected chi connectivity index (χ1v) is 15.4. The number of alkyl halides is 1. The third-order valence-electron chi connectivity index (χ3n) is 9.72. The molecule has 1 unspecified atom stereocenters. The van der Waals surface area contributed by atoms with Crippen LogP contribution in [-0.2, 0) is 29.8 Å². The maximum atomic E-state index is 14.4. The van der Waals surface area contributed by atoms with Crippen LogP contribution in [-0.4, -0.2) is 59.4 Å². The molecule has 0 amide bonds. The highest BCUT2D eigenvalue weighted by molar-refractivity contribution is 9.10. The molecule has 0 bridgehead atoms. The van der Waals surface area contributed by atoms with E-state index in [9.17, 15) is 4.39 Å². The maximum Gasteiger partial charge on any atom is 0.318 e. The summed E-state index contributed by atoms with van der Waals surface area (Å²) in [7, 11) is 0. The maximum absolute atomic E-state index is 14.4. The monoisotopic (exact) mass is 584 g/mol.